The Morgan fingerprint density at radius 2 is 0.840 bits per heavy atom. The largest absolute Gasteiger partial charge is 0.544 e. The van der Waals surface area contributed by atoms with Gasteiger partial charge in [-0.05, 0) is 0 Å². The third kappa shape index (κ3) is 18.6. The molecule has 7 aliphatic rings. The molecule has 7 aliphatic heterocycles. The van der Waals surface area contributed by atoms with Crippen LogP contribution in [0.15, 0.2) is 0 Å². The zero-order valence-corrected chi connectivity index (χ0v) is 53.5. The van der Waals surface area contributed by atoms with Crippen molar-refractivity contribution in [3.8, 4) is 0 Å². The van der Waals surface area contributed by atoms with Crippen LogP contribution >= 0.6 is 0 Å². The maximum atomic E-state index is 13.1. The Hall–Kier alpha value is -4.05. The van der Waals surface area contributed by atoms with Gasteiger partial charge in [-0.1, -0.05) is 0 Å². The number of amides is 4. The second-order valence-electron chi connectivity index (χ2n) is 24.7. The van der Waals surface area contributed by atoms with Crippen LogP contribution in [0.2, 0.25) is 0 Å². The van der Waals surface area contributed by atoms with Crippen molar-refractivity contribution in [2.75, 3.05) is 59.5 Å². The van der Waals surface area contributed by atoms with Gasteiger partial charge in [0.2, 0.25) is 29.9 Å². The first-order valence-electron chi connectivity index (χ1n) is 31.4. The van der Waals surface area contributed by atoms with Crippen LogP contribution in [-0.4, -0.2) is 423 Å². The van der Waals surface area contributed by atoms with Gasteiger partial charge in [0.05, 0.1) is 77.6 Å². The summed E-state index contributed by atoms with van der Waals surface area (Å²) in [6, 6.07) is -6.65. The number of hydrogen-bond donors (Lipinski definition) is 25. The number of carbonyl (C=O) groups excluding carboxylic acids is 5. The van der Waals surface area contributed by atoms with E-state index in [0.29, 0.717) is 0 Å². The fourth-order valence-electron chi connectivity index (χ4n) is 12.5. The Labute approximate surface area is 565 Å². The maximum absolute atomic E-state index is 13.1. The number of carboxylic acid groups (broad SMARTS) is 1. The molecule has 0 aromatic carbocycles. The summed E-state index contributed by atoms with van der Waals surface area (Å²) < 4.78 is 80.8. The summed E-state index contributed by atoms with van der Waals surface area (Å²) in [7, 11) is 0. The van der Waals surface area contributed by atoms with Gasteiger partial charge in [0.15, 0.2) is 37.7 Å². The SMILES string of the molecule is CC(=O)N[C@H]1[C@H](O[C@H]2[C@@H](O)[C@@H](CO)O[C@@H](O[C@H]3[C@H](O)[C@@H](O)[C@H](OC[C@@H](CO)NC=O)O[C@@H]3CO)[C@@H]2O)O[C@H](CO)[C@@H](O[C@@H]2O[C@H](CO)[C@H](O)[C@H](O[C@H]3O[C@H](CO)[C@H](O)[C@H](O[C@@H]4O[C@H](CO)[C@H](O)[C@H](O[C@]5(C(=O)[O-])C[C@H](O)[C@@H](NC(C)=O)[C@H]([C@H](O)[C@H](O)CO)O5)[C@H]4O)[C@H]3NC(C)=O)[C@H]2O)[C@@H]1O. The molecule has 0 spiro atoms. The van der Waals surface area contributed by atoms with Gasteiger partial charge in [0.1, 0.15) is 171 Å². The summed E-state index contributed by atoms with van der Waals surface area (Å²) in [4.78, 5) is 62.0. The molecular weight excluding hydrogens is 1370 g/mol. The van der Waals surface area contributed by atoms with Crippen LogP contribution in [0.3, 0.4) is 0 Å². The van der Waals surface area contributed by atoms with E-state index in [0.717, 1.165) is 20.8 Å². The molecule has 45 heteroatoms. The fourth-order valence-corrected chi connectivity index (χ4v) is 12.5. The molecule has 7 fully saturated rings. The number of aliphatic hydroxyl groups excluding tert-OH is 21. The Bertz CT molecular complexity index is 2600. The van der Waals surface area contributed by atoms with Crippen LogP contribution in [0.25, 0.3) is 0 Å². The lowest BCUT2D eigenvalue weighted by Crippen LogP contribution is -2.72. The van der Waals surface area contributed by atoms with Gasteiger partial charge in [-0.2, -0.15) is 0 Å². The topological polar surface area (TPSA) is 711 Å². The predicted octanol–water partition coefficient (Wildman–Crippen LogP) is -18.8. The summed E-state index contributed by atoms with van der Waals surface area (Å²) in [6.45, 7) is -6.18. The molecule has 37 atom stereocenters. The van der Waals surface area contributed by atoms with Gasteiger partial charge in [0, 0.05) is 27.2 Å². The van der Waals surface area contributed by atoms with Crippen LogP contribution in [0.4, 0.5) is 0 Å². The van der Waals surface area contributed by atoms with E-state index >= 15 is 0 Å². The van der Waals surface area contributed by atoms with E-state index in [4.69, 9.17) is 66.3 Å². The van der Waals surface area contributed by atoms with Crippen molar-refractivity contribution in [1.29, 1.82) is 0 Å². The number of carbonyl (C=O) groups is 5. The van der Waals surface area contributed by atoms with Crippen molar-refractivity contribution < 1.29 is 203 Å². The van der Waals surface area contributed by atoms with Crippen molar-refractivity contribution in [3.63, 3.8) is 0 Å². The Kier molecular flexibility index (Phi) is 30.6. The van der Waals surface area contributed by atoms with E-state index in [2.05, 4.69) is 21.3 Å². The first kappa shape index (κ1) is 83.2. The smallest absolute Gasteiger partial charge is 0.217 e. The Balaban J connectivity index is 1.11. The lowest BCUT2D eigenvalue weighted by molar-refractivity contribution is -0.411. The van der Waals surface area contributed by atoms with Crippen molar-refractivity contribution in [1.82, 2.24) is 21.3 Å². The number of carboxylic acids is 1. The highest BCUT2D eigenvalue weighted by atomic mass is 16.8. The zero-order valence-electron chi connectivity index (χ0n) is 53.5. The van der Waals surface area contributed by atoms with Gasteiger partial charge in [-0.15, -0.1) is 0 Å². The Morgan fingerprint density at radius 1 is 0.460 bits per heavy atom. The van der Waals surface area contributed by atoms with Crippen LogP contribution in [0.5, 0.6) is 0 Å². The summed E-state index contributed by atoms with van der Waals surface area (Å²) in [6.07, 6.45) is -68.3. The van der Waals surface area contributed by atoms with E-state index in [1.807, 2.05) is 0 Å². The first-order valence-corrected chi connectivity index (χ1v) is 31.4. The second-order valence-corrected chi connectivity index (χ2v) is 24.7. The van der Waals surface area contributed by atoms with Gasteiger partial charge < -0.3 is 205 Å². The van der Waals surface area contributed by atoms with Crippen molar-refractivity contribution in [3.05, 3.63) is 0 Å². The monoisotopic (exact) mass is 1460 g/mol. The van der Waals surface area contributed by atoms with Crippen molar-refractivity contribution >= 4 is 30.1 Å². The highest BCUT2D eigenvalue weighted by molar-refractivity contribution is 5.75. The fraction of sp³-hybridized carbons (Fsp3) is 0.909. The lowest BCUT2D eigenvalue weighted by atomic mass is 9.88. The van der Waals surface area contributed by atoms with Crippen molar-refractivity contribution in [2.45, 2.75) is 254 Å². The average Bonchev–Trinajstić information content (AvgIpc) is 0.761. The van der Waals surface area contributed by atoms with Gasteiger partial charge in [0.25, 0.3) is 0 Å². The highest BCUT2D eigenvalue weighted by Gasteiger charge is 2.61. The minimum atomic E-state index is -3.38. The first-order chi connectivity index (χ1) is 47.3. The lowest BCUT2D eigenvalue weighted by Gasteiger charge is -2.52. The normalized spacial score (nSPS) is 45.0. The summed E-state index contributed by atoms with van der Waals surface area (Å²) in [5, 5.41) is 253. The maximum Gasteiger partial charge on any atom is 0.217 e. The Morgan fingerprint density at radius 3 is 1.28 bits per heavy atom. The quantitative estimate of drug-likeness (QED) is 0.0287. The van der Waals surface area contributed by atoms with E-state index in [-0.39, 0.29) is 6.41 Å². The molecule has 7 saturated heterocycles. The molecule has 25 N–H and O–H groups in total. The minimum absolute atomic E-state index is 0.256. The van der Waals surface area contributed by atoms with E-state index in [1.165, 1.54) is 0 Å². The summed E-state index contributed by atoms with van der Waals surface area (Å²) >= 11 is 0. The number of ether oxygens (including phenoxy) is 14. The molecule has 0 saturated carbocycles. The average molecular weight is 1460 g/mol. The molecule has 4 amide bonds. The second kappa shape index (κ2) is 36.8. The molecule has 0 radical (unpaired) electrons. The molecular formula is C55H91N4O41-. The highest BCUT2D eigenvalue weighted by Crippen LogP contribution is 2.41. The molecule has 0 bridgehead atoms. The zero-order chi connectivity index (χ0) is 74.1. The molecule has 0 aromatic rings. The van der Waals surface area contributed by atoms with Crippen LogP contribution < -0.4 is 26.4 Å². The van der Waals surface area contributed by atoms with Crippen LogP contribution in [-0.2, 0) is 90.3 Å². The number of hydrogen-bond acceptors (Lipinski definition) is 41. The number of aliphatic carboxylic acids is 1. The molecule has 578 valence electrons. The molecule has 0 aromatic heterocycles. The molecule has 7 rings (SSSR count). The standard InChI is InChI=1S/C55H92N4O41/c1-15(69)57-27-19(72)4-55(54(85)86,99-44(27)30(74)20(73)6-61)100-47-34(78)24(10-65)91-53(40(47)84)96-43-29(59-17(3)71)49(88-21(7-62)31(43)75)98-46-33(77)23(9-64)89-51(39(46)83)94-41-25(11-66)92-48(28(35(41)79)58-16(2)70)97-45-32(76)22(8-63)90-52(38(45)82)95-42-26(12-67)93-50(37(81)36(42)80)87-13-18(5-60)56-14-68/h14,18-53,60-67,72-84H,4-13H2,1-3H3,(H,56,68)(H,57,69)(H,58,70)(H,59,71)(H,85,86)/p-1/t18-,19+,20-,21-,22-,23-,24-,25-,26-,27-,28-,29-,30-,31+,32+,33+,34+,35-,36-,37-,38-,39-,40-,41-,42-,43-,44-,45+,46+,47+,48+,49-,50-,51+,52+,53+,55+/m1/s1. The van der Waals surface area contributed by atoms with E-state index in [1.54, 1.807) is 0 Å². The van der Waals surface area contributed by atoms with Gasteiger partial charge in [-0.25, -0.2) is 0 Å². The minimum Gasteiger partial charge on any atom is -0.544 e. The third-order valence-corrected chi connectivity index (χ3v) is 17.7. The predicted molar refractivity (Wildman–Crippen MR) is 305 cm³/mol. The van der Waals surface area contributed by atoms with Crippen LogP contribution in [0, 0.1) is 0 Å². The molecule has 45 nitrogen and oxygen atoms in total. The molecule has 0 unspecified atom stereocenters. The number of rotatable bonds is 31. The summed E-state index contributed by atoms with van der Waals surface area (Å²) in [5.41, 5.74) is 0. The molecule has 7 heterocycles. The number of nitrogens with one attached hydrogen (secondary N) is 4. The van der Waals surface area contributed by atoms with Gasteiger partial charge >= 0.3 is 0 Å². The van der Waals surface area contributed by atoms with E-state index < -0.39 is 316 Å². The summed E-state index contributed by atoms with van der Waals surface area (Å²) in [5.74, 6) is -8.56. The van der Waals surface area contributed by atoms with Gasteiger partial charge in [-0.3, -0.25) is 19.2 Å². The molecule has 0 aliphatic carbocycles. The molecule has 100 heavy (non-hydrogen) atoms. The van der Waals surface area contributed by atoms with Crippen LogP contribution in [0.1, 0.15) is 27.2 Å². The third-order valence-electron chi connectivity index (χ3n) is 17.7. The van der Waals surface area contributed by atoms with Crippen molar-refractivity contribution in [2.24, 2.45) is 0 Å². The number of aliphatic hydroxyl groups is 21. The van der Waals surface area contributed by atoms with E-state index in [9.17, 15) is 136 Å².